The quantitative estimate of drug-likeness (QED) is 0.749. The van der Waals surface area contributed by atoms with Crippen LogP contribution in [0.4, 0.5) is 0 Å². The number of hydrogen-bond acceptors (Lipinski definition) is 3. The van der Waals surface area contributed by atoms with Gasteiger partial charge in [0.05, 0.1) is 29.2 Å². The van der Waals surface area contributed by atoms with Gasteiger partial charge in [-0.05, 0) is 12.1 Å². The van der Waals surface area contributed by atoms with Crippen LogP contribution in [0.2, 0.25) is 0 Å². The zero-order valence-electron chi connectivity index (χ0n) is 9.30. The van der Waals surface area contributed by atoms with E-state index in [2.05, 4.69) is 22.6 Å². The number of benzene rings is 1. The summed E-state index contributed by atoms with van der Waals surface area (Å²) in [7, 11) is 0. The first kappa shape index (κ1) is 11.0. The Hall–Kier alpha value is -2.47. The van der Waals surface area contributed by atoms with Gasteiger partial charge in [0.1, 0.15) is 0 Å². The third-order valence-corrected chi connectivity index (χ3v) is 2.37. The lowest BCUT2D eigenvalue weighted by Crippen LogP contribution is -1.91. The first-order chi connectivity index (χ1) is 8.33. The Morgan fingerprint density at radius 2 is 1.94 bits per heavy atom. The maximum Gasteiger partial charge on any atom is 0.0991 e. The molecule has 0 bridgehead atoms. The molecule has 3 heteroatoms. The van der Waals surface area contributed by atoms with E-state index in [-0.39, 0.29) is 0 Å². The molecule has 1 aromatic heterocycles. The van der Waals surface area contributed by atoms with Crippen molar-refractivity contribution in [3.63, 3.8) is 0 Å². The van der Waals surface area contributed by atoms with Crippen molar-refractivity contribution in [2.24, 2.45) is 0 Å². The number of nitriles is 1. The minimum absolute atomic E-state index is 0.644. The molecule has 17 heavy (non-hydrogen) atoms. The van der Waals surface area contributed by atoms with Crippen LogP contribution < -0.4 is 0 Å². The lowest BCUT2D eigenvalue weighted by atomic mass is 10.1. The summed E-state index contributed by atoms with van der Waals surface area (Å²) in [6.07, 6.45) is 6.00. The summed E-state index contributed by atoms with van der Waals surface area (Å²) < 4.78 is 0. The van der Waals surface area contributed by atoms with Crippen molar-refractivity contribution < 1.29 is 0 Å². The van der Waals surface area contributed by atoms with Crippen molar-refractivity contribution >= 4 is 0 Å². The summed E-state index contributed by atoms with van der Waals surface area (Å²) in [6.45, 7) is 3.66. The van der Waals surface area contributed by atoms with E-state index in [1.807, 2.05) is 12.1 Å². The van der Waals surface area contributed by atoms with Gasteiger partial charge in [-0.2, -0.15) is 5.26 Å². The average molecular weight is 221 g/mol. The molecule has 1 aromatic carbocycles. The Labute approximate surface area is 100 Å². The molecule has 0 saturated carbocycles. The minimum Gasteiger partial charge on any atom is -0.257 e. The molecule has 1 heterocycles. The maximum atomic E-state index is 8.71. The Kier molecular flexibility index (Phi) is 3.27. The fourth-order valence-electron chi connectivity index (χ4n) is 1.47. The van der Waals surface area contributed by atoms with Crippen molar-refractivity contribution in [2.45, 2.75) is 6.42 Å². The number of hydrogen-bond donors (Lipinski definition) is 0. The average Bonchev–Trinajstić information content (AvgIpc) is 2.40. The van der Waals surface area contributed by atoms with E-state index in [9.17, 15) is 0 Å². The van der Waals surface area contributed by atoms with Crippen molar-refractivity contribution in [3.05, 3.63) is 60.6 Å². The highest BCUT2D eigenvalue weighted by molar-refractivity contribution is 5.59. The molecule has 0 aliphatic rings. The molecule has 0 N–H and O–H groups in total. The second-order valence-electron chi connectivity index (χ2n) is 3.57. The van der Waals surface area contributed by atoms with Gasteiger partial charge in [0.2, 0.25) is 0 Å². The van der Waals surface area contributed by atoms with Crippen LogP contribution in [0.1, 0.15) is 11.3 Å². The maximum absolute atomic E-state index is 8.71. The van der Waals surface area contributed by atoms with E-state index < -0.39 is 0 Å². The van der Waals surface area contributed by atoms with Crippen LogP contribution in [0.25, 0.3) is 11.3 Å². The zero-order valence-corrected chi connectivity index (χ0v) is 9.30. The highest BCUT2D eigenvalue weighted by Gasteiger charge is 2.00. The lowest BCUT2D eigenvalue weighted by molar-refractivity contribution is 1.06. The minimum atomic E-state index is 0.644. The van der Waals surface area contributed by atoms with E-state index in [1.165, 1.54) is 0 Å². The molecule has 2 aromatic rings. The molecular weight excluding hydrogens is 210 g/mol. The molecule has 82 valence electrons. The van der Waals surface area contributed by atoms with Gasteiger partial charge < -0.3 is 0 Å². The van der Waals surface area contributed by atoms with Gasteiger partial charge in [0, 0.05) is 18.2 Å². The molecule has 0 atom stereocenters. The second kappa shape index (κ2) is 5.04. The van der Waals surface area contributed by atoms with E-state index in [4.69, 9.17) is 5.26 Å². The fraction of sp³-hybridized carbons (Fsp3) is 0.0714. The molecule has 0 spiro atoms. The van der Waals surface area contributed by atoms with Gasteiger partial charge >= 0.3 is 0 Å². The van der Waals surface area contributed by atoms with Crippen molar-refractivity contribution in [3.8, 4) is 17.3 Å². The number of aromatic nitrogens is 2. The Morgan fingerprint density at radius 3 is 2.47 bits per heavy atom. The molecule has 0 saturated heterocycles. The Bertz CT molecular complexity index is 548. The largest absolute Gasteiger partial charge is 0.257 e. The van der Waals surface area contributed by atoms with Crippen LogP contribution in [0, 0.1) is 11.3 Å². The summed E-state index contributed by atoms with van der Waals surface area (Å²) in [6, 6.07) is 9.37. The monoisotopic (exact) mass is 221 g/mol. The van der Waals surface area contributed by atoms with E-state index in [1.54, 1.807) is 30.6 Å². The molecule has 0 aliphatic carbocycles. The molecule has 0 amide bonds. The number of allylic oxidation sites excluding steroid dienone is 1. The Morgan fingerprint density at radius 1 is 1.18 bits per heavy atom. The molecule has 0 radical (unpaired) electrons. The van der Waals surface area contributed by atoms with Gasteiger partial charge in [-0.1, -0.05) is 18.2 Å². The van der Waals surface area contributed by atoms with Crippen LogP contribution in [-0.4, -0.2) is 9.97 Å². The van der Waals surface area contributed by atoms with Crippen LogP contribution in [0.5, 0.6) is 0 Å². The predicted octanol–water partition coefficient (Wildman–Crippen LogP) is 2.74. The summed E-state index contributed by atoms with van der Waals surface area (Å²) in [5.41, 5.74) is 3.31. The predicted molar refractivity (Wildman–Crippen MR) is 66.1 cm³/mol. The van der Waals surface area contributed by atoms with Crippen LogP contribution in [0.15, 0.2) is 49.3 Å². The van der Waals surface area contributed by atoms with Gasteiger partial charge in [0.25, 0.3) is 0 Å². The van der Waals surface area contributed by atoms with Crippen LogP contribution >= 0.6 is 0 Å². The van der Waals surface area contributed by atoms with Gasteiger partial charge in [0.15, 0.2) is 0 Å². The molecule has 0 fully saturated rings. The van der Waals surface area contributed by atoms with Crippen LogP contribution in [0.3, 0.4) is 0 Å². The van der Waals surface area contributed by atoms with E-state index in [0.29, 0.717) is 5.56 Å². The molecular formula is C14H11N3. The summed E-state index contributed by atoms with van der Waals surface area (Å²) in [5, 5.41) is 8.71. The number of rotatable bonds is 3. The summed E-state index contributed by atoms with van der Waals surface area (Å²) >= 11 is 0. The third-order valence-electron chi connectivity index (χ3n) is 2.37. The smallest absolute Gasteiger partial charge is 0.0991 e. The highest BCUT2D eigenvalue weighted by atomic mass is 14.8. The van der Waals surface area contributed by atoms with E-state index >= 15 is 0 Å². The normalized spacial score (nSPS) is 9.59. The van der Waals surface area contributed by atoms with Crippen molar-refractivity contribution in [2.75, 3.05) is 0 Å². The summed E-state index contributed by atoms with van der Waals surface area (Å²) in [4.78, 5) is 8.62. The molecule has 3 nitrogen and oxygen atoms in total. The van der Waals surface area contributed by atoms with E-state index in [0.717, 1.165) is 23.4 Å². The molecule has 0 unspecified atom stereocenters. The third kappa shape index (κ3) is 2.56. The van der Waals surface area contributed by atoms with Crippen LogP contribution in [-0.2, 0) is 6.42 Å². The van der Waals surface area contributed by atoms with Gasteiger partial charge in [-0.3, -0.25) is 9.97 Å². The van der Waals surface area contributed by atoms with Crippen molar-refractivity contribution in [1.82, 2.24) is 9.97 Å². The number of nitrogens with zero attached hydrogens (tertiary/aromatic N) is 3. The lowest BCUT2D eigenvalue weighted by Gasteiger charge is -2.01. The van der Waals surface area contributed by atoms with Gasteiger partial charge in [-0.15, -0.1) is 6.58 Å². The summed E-state index contributed by atoms with van der Waals surface area (Å²) in [5.74, 6) is 0. The standard InChI is InChI=1S/C14H11N3/c1-2-3-13-9-17-14(10-16-13)12-6-4-11(8-15)5-7-12/h2,4-7,9-10H,1,3H2. The first-order valence-electron chi connectivity index (χ1n) is 5.26. The SMILES string of the molecule is C=CCc1cnc(-c2ccc(C#N)cc2)cn1. The second-order valence-corrected chi connectivity index (χ2v) is 3.57. The van der Waals surface area contributed by atoms with Gasteiger partial charge in [-0.25, -0.2) is 0 Å². The van der Waals surface area contributed by atoms with Crippen molar-refractivity contribution in [1.29, 1.82) is 5.26 Å². The Balaban J connectivity index is 2.27. The topological polar surface area (TPSA) is 49.6 Å². The molecule has 2 rings (SSSR count). The fourth-order valence-corrected chi connectivity index (χ4v) is 1.47. The highest BCUT2D eigenvalue weighted by Crippen LogP contribution is 2.16. The first-order valence-corrected chi connectivity index (χ1v) is 5.26. The molecule has 0 aliphatic heterocycles. The zero-order chi connectivity index (χ0) is 12.1.